The van der Waals surface area contributed by atoms with Crippen molar-refractivity contribution in [2.24, 2.45) is 0 Å². The summed E-state index contributed by atoms with van der Waals surface area (Å²) in [6.45, 7) is 1.93. The Labute approximate surface area is 180 Å². The van der Waals surface area contributed by atoms with Crippen LogP contribution in [0.25, 0.3) is 0 Å². The van der Waals surface area contributed by atoms with Crippen molar-refractivity contribution in [3.8, 4) is 0 Å². The molecule has 0 fully saturated rings. The normalized spacial score (nSPS) is 12.2. The van der Waals surface area contributed by atoms with Gasteiger partial charge in [0, 0.05) is 15.7 Å². The molecule has 26 heavy (non-hydrogen) atoms. The van der Waals surface area contributed by atoms with Crippen LogP contribution in [0.3, 0.4) is 0 Å². The van der Waals surface area contributed by atoms with Crippen molar-refractivity contribution >= 4 is 79.7 Å². The zero-order valence-electron chi connectivity index (χ0n) is 13.5. The number of hydrogen-bond donors (Lipinski definition) is 3. The maximum absolute atomic E-state index is 12.4. The Morgan fingerprint density at radius 2 is 1.62 bits per heavy atom. The van der Waals surface area contributed by atoms with Crippen LogP contribution < -0.4 is 16.0 Å². The van der Waals surface area contributed by atoms with Gasteiger partial charge in [-0.2, -0.15) is 0 Å². The van der Waals surface area contributed by atoms with Crippen LogP contribution in [0.4, 0.5) is 5.69 Å². The molecule has 0 aliphatic carbocycles. The lowest BCUT2D eigenvalue weighted by atomic mass is 10.1. The van der Waals surface area contributed by atoms with E-state index in [-0.39, 0.29) is 11.0 Å². The summed E-state index contributed by atoms with van der Waals surface area (Å²) in [6.07, 6.45) is -1.03. The molecule has 138 valence electrons. The quantitative estimate of drug-likeness (QED) is 0.311. The van der Waals surface area contributed by atoms with Crippen molar-refractivity contribution in [2.45, 2.75) is 16.9 Å². The topological polar surface area (TPSA) is 53.2 Å². The second-order valence-electron chi connectivity index (χ2n) is 5.42. The molecular weight excluding hydrogens is 481 g/mol. The summed E-state index contributed by atoms with van der Waals surface area (Å²) in [5.41, 5.74) is 2.24. The van der Waals surface area contributed by atoms with Gasteiger partial charge in [-0.1, -0.05) is 68.4 Å². The van der Waals surface area contributed by atoms with Gasteiger partial charge in [-0.05, 0) is 55.5 Å². The van der Waals surface area contributed by atoms with Crippen molar-refractivity contribution in [1.29, 1.82) is 0 Å². The van der Waals surface area contributed by atoms with Gasteiger partial charge in [-0.25, -0.2) is 0 Å². The number of benzene rings is 2. The second kappa shape index (κ2) is 9.24. The molecule has 0 heterocycles. The van der Waals surface area contributed by atoms with E-state index in [4.69, 9.17) is 47.0 Å². The van der Waals surface area contributed by atoms with E-state index in [1.54, 1.807) is 12.1 Å². The molecule has 0 radical (unpaired) electrons. The van der Waals surface area contributed by atoms with Crippen LogP contribution in [0.2, 0.25) is 0 Å². The van der Waals surface area contributed by atoms with E-state index in [9.17, 15) is 4.79 Å². The lowest BCUT2D eigenvalue weighted by Crippen LogP contribution is -2.56. The summed E-state index contributed by atoms with van der Waals surface area (Å²) in [6, 6.07) is 14.4. The molecular formula is C17H15BrCl3N3OS. The molecule has 1 atom stereocenters. The lowest BCUT2D eigenvalue weighted by Gasteiger charge is -2.27. The van der Waals surface area contributed by atoms with Crippen molar-refractivity contribution in [3.05, 3.63) is 64.1 Å². The van der Waals surface area contributed by atoms with Gasteiger partial charge in [0.15, 0.2) is 5.11 Å². The van der Waals surface area contributed by atoms with E-state index in [0.29, 0.717) is 5.56 Å². The minimum atomic E-state index is -1.81. The third-order valence-electron chi connectivity index (χ3n) is 3.29. The van der Waals surface area contributed by atoms with Crippen molar-refractivity contribution < 1.29 is 4.79 Å². The highest BCUT2D eigenvalue weighted by Gasteiger charge is 2.34. The Balaban J connectivity index is 2.04. The van der Waals surface area contributed by atoms with Crippen molar-refractivity contribution in [2.75, 3.05) is 5.32 Å². The molecule has 0 aliphatic rings. The van der Waals surface area contributed by atoms with E-state index in [1.165, 1.54) is 0 Å². The van der Waals surface area contributed by atoms with E-state index in [1.807, 2.05) is 43.3 Å². The summed E-state index contributed by atoms with van der Waals surface area (Å²) in [5, 5.41) is 8.62. The predicted molar refractivity (Wildman–Crippen MR) is 116 cm³/mol. The Kier molecular flexibility index (Phi) is 7.55. The smallest absolute Gasteiger partial charge is 0.252 e. The Bertz CT molecular complexity index is 779. The zero-order valence-corrected chi connectivity index (χ0v) is 18.2. The van der Waals surface area contributed by atoms with Crippen LogP contribution in [0.15, 0.2) is 53.0 Å². The molecule has 1 amide bonds. The Hall–Kier alpha value is -1.05. The maximum atomic E-state index is 12.4. The third kappa shape index (κ3) is 6.59. The maximum Gasteiger partial charge on any atom is 0.252 e. The van der Waals surface area contributed by atoms with E-state index >= 15 is 0 Å². The van der Waals surface area contributed by atoms with Gasteiger partial charge in [-0.15, -0.1) is 0 Å². The number of amides is 1. The molecule has 0 aliphatic heterocycles. The van der Waals surface area contributed by atoms with Gasteiger partial charge in [0.25, 0.3) is 5.91 Å². The van der Waals surface area contributed by atoms with Crippen molar-refractivity contribution in [3.63, 3.8) is 0 Å². The third-order valence-corrected chi connectivity index (χ3v) is 4.70. The van der Waals surface area contributed by atoms with Crippen LogP contribution in [0, 0.1) is 6.92 Å². The highest BCUT2D eigenvalue weighted by molar-refractivity contribution is 9.10. The molecule has 2 aromatic carbocycles. The molecule has 9 heteroatoms. The first-order chi connectivity index (χ1) is 12.1. The number of carbonyl (C=O) groups is 1. The number of alkyl halides is 3. The van der Waals surface area contributed by atoms with Crippen LogP contribution in [0.1, 0.15) is 15.9 Å². The van der Waals surface area contributed by atoms with Crippen molar-refractivity contribution in [1.82, 2.24) is 10.6 Å². The average Bonchev–Trinajstić information content (AvgIpc) is 2.56. The minimum Gasteiger partial charge on any atom is -0.339 e. The van der Waals surface area contributed by atoms with E-state index in [2.05, 4.69) is 31.9 Å². The van der Waals surface area contributed by atoms with Gasteiger partial charge in [0.2, 0.25) is 3.79 Å². The molecule has 0 aromatic heterocycles. The number of rotatable bonds is 4. The Morgan fingerprint density at radius 1 is 1.04 bits per heavy atom. The molecule has 3 N–H and O–H groups in total. The number of thiocarbonyl (C=S) groups is 1. The van der Waals surface area contributed by atoms with E-state index < -0.39 is 9.96 Å². The number of aryl methyl sites for hydroxylation is 1. The summed E-state index contributed by atoms with van der Waals surface area (Å²) in [7, 11) is 0. The van der Waals surface area contributed by atoms with Gasteiger partial charge < -0.3 is 16.0 Å². The van der Waals surface area contributed by atoms with Gasteiger partial charge >= 0.3 is 0 Å². The fourth-order valence-electron chi connectivity index (χ4n) is 1.95. The molecule has 0 saturated heterocycles. The predicted octanol–water partition coefficient (Wildman–Crippen LogP) is 5.17. The largest absolute Gasteiger partial charge is 0.339 e. The molecule has 2 aromatic rings. The van der Waals surface area contributed by atoms with Crippen LogP contribution in [0.5, 0.6) is 0 Å². The molecule has 0 saturated carbocycles. The fraction of sp³-hybridized carbons (Fsp3) is 0.176. The Morgan fingerprint density at radius 3 is 2.15 bits per heavy atom. The summed E-state index contributed by atoms with van der Waals surface area (Å²) >= 11 is 26.5. The molecule has 4 nitrogen and oxygen atoms in total. The number of hydrogen-bond acceptors (Lipinski definition) is 2. The highest BCUT2D eigenvalue weighted by atomic mass is 79.9. The number of anilines is 1. The second-order valence-corrected chi connectivity index (χ2v) is 9.11. The van der Waals surface area contributed by atoms with Gasteiger partial charge in [-0.3, -0.25) is 4.79 Å². The van der Waals surface area contributed by atoms with Gasteiger partial charge in [0.05, 0.1) is 0 Å². The van der Waals surface area contributed by atoms with Crippen LogP contribution in [-0.2, 0) is 0 Å². The summed E-state index contributed by atoms with van der Waals surface area (Å²) < 4.78 is -0.877. The SMILES string of the molecule is Cc1ccc(C(=O)NC(NC(=S)Nc2ccc(Br)cc2)C(Cl)(Cl)Cl)cc1. The van der Waals surface area contributed by atoms with Gasteiger partial charge in [0.1, 0.15) is 6.17 Å². The molecule has 0 bridgehead atoms. The minimum absolute atomic E-state index is 0.202. The van der Waals surface area contributed by atoms with Crippen LogP contribution in [-0.4, -0.2) is 21.0 Å². The average molecular weight is 496 g/mol. The zero-order chi connectivity index (χ0) is 19.3. The molecule has 0 spiro atoms. The van der Waals surface area contributed by atoms with E-state index in [0.717, 1.165) is 15.7 Å². The number of halogens is 4. The number of carbonyl (C=O) groups excluding carboxylic acids is 1. The highest BCUT2D eigenvalue weighted by Crippen LogP contribution is 2.29. The first-order valence-corrected chi connectivity index (χ1v) is 9.76. The van der Waals surface area contributed by atoms with Crippen LogP contribution >= 0.6 is 63.0 Å². The standard InChI is InChI=1S/C17H15BrCl3N3OS/c1-10-2-4-11(5-3-10)14(25)23-15(17(19,20)21)24-16(26)22-13-8-6-12(18)7-9-13/h2-9,15H,1H3,(H,23,25)(H2,22,24,26). The summed E-state index contributed by atoms with van der Waals surface area (Å²) in [4.78, 5) is 12.4. The first kappa shape index (κ1) is 21.3. The first-order valence-electron chi connectivity index (χ1n) is 7.42. The monoisotopic (exact) mass is 493 g/mol. The molecule has 2 rings (SSSR count). The fourth-order valence-corrected chi connectivity index (χ4v) is 2.78. The lowest BCUT2D eigenvalue weighted by molar-refractivity contribution is 0.0934. The molecule has 1 unspecified atom stereocenters. The summed E-state index contributed by atoms with van der Waals surface area (Å²) in [5.74, 6) is -0.389. The number of nitrogens with one attached hydrogen (secondary N) is 3.